The summed E-state index contributed by atoms with van der Waals surface area (Å²) in [7, 11) is -3.84. The molecule has 0 fully saturated rings. The Morgan fingerprint density at radius 1 is 1.32 bits per heavy atom. The molecule has 1 atom stereocenters. The molecule has 1 aromatic carbocycles. The van der Waals surface area contributed by atoms with Crippen molar-refractivity contribution in [1.29, 1.82) is 0 Å². The number of carbonyl (C=O) groups is 1. The minimum atomic E-state index is -3.84. The van der Waals surface area contributed by atoms with Gasteiger partial charge in [-0.15, -0.1) is 0 Å². The van der Waals surface area contributed by atoms with Crippen LogP contribution in [0.15, 0.2) is 35.7 Å². The summed E-state index contributed by atoms with van der Waals surface area (Å²) in [6.45, 7) is 6.86. The Bertz CT molecular complexity index is 561. The molecule has 0 aliphatic heterocycles. The Labute approximate surface area is 113 Å². The molecule has 0 saturated heterocycles. The summed E-state index contributed by atoms with van der Waals surface area (Å²) in [5.74, 6) is -1.54. The highest BCUT2D eigenvalue weighted by Gasteiger charge is 2.27. The summed E-state index contributed by atoms with van der Waals surface area (Å²) in [5, 5.41) is 9.00. The fraction of sp³-hybridized carbons (Fsp3) is 0.308. The molecule has 2 N–H and O–H groups in total. The lowest BCUT2D eigenvalue weighted by molar-refractivity contribution is -0.140. The maximum absolute atomic E-state index is 12.1. The van der Waals surface area contributed by atoms with E-state index in [-0.39, 0.29) is 10.8 Å². The molecular weight excluding hydrogens is 266 g/mol. The molecule has 6 heteroatoms. The number of hydrogen-bond donors (Lipinski definition) is 2. The molecule has 104 valence electrons. The van der Waals surface area contributed by atoms with Gasteiger partial charge < -0.3 is 5.11 Å². The molecule has 0 aromatic heterocycles. The van der Waals surface area contributed by atoms with Gasteiger partial charge in [-0.05, 0) is 23.6 Å². The first-order valence-electron chi connectivity index (χ1n) is 5.75. The second-order valence-electron chi connectivity index (χ2n) is 4.45. The van der Waals surface area contributed by atoms with Gasteiger partial charge in [0.2, 0.25) is 10.0 Å². The van der Waals surface area contributed by atoms with Crippen LogP contribution in [0.1, 0.15) is 19.4 Å². The van der Waals surface area contributed by atoms with E-state index in [2.05, 4.69) is 11.3 Å². The van der Waals surface area contributed by atoms with Crippen molar-refractivity contribution in [1.82, 2.24) is 4.72 Å². The summed E-state index contributed by atoms with van der Waals surface area (Å²) in [5.41, 5.74) is 0.789. The smallest absolute Gasteiger partial charge is 0.322 e. The Morgan fingerprint density at radius 2 is 1.84 bits per heavy atom. The average Bonchev–Trinajstić information content (AvgIpc) is 2.35. The molecule has 1 aromatic rings. The van der Waals surface area contributed by atoms with Crippen molar-refractivity contribution in [2.45, 2.75) is 24.8 Å². The molecule has 5 nitrogen and oxygen atoms in total. The monoisotopic (exact) mass is 283 g/mol. The normalized spacial score (nSPS) is 13.2. The van der Waals surface area contributed by atoms with E-state index in [1.165, 1.54) is 12.1 Å². The third-order valence-corrected chi connectivity index (χ3v) is 4.10. The van der Waals surface area contributed by atoms with Gasteiger partial charge in [0.15, 0.2) is 0 Å². The van der Waals surface area contributed by atoms with Crippen LogP contribution in [-0.2, 0) is 14.8 Å². The quantitative estimate of drug-likeness (QED) is 0.832. The van der Waals surface area contributed by atoms with Crippen LogP contribution in [0.4, 0.5) is 0 Å². The molecule has 0 bridgehead atoms. The molecule has 0 radical (unpaired) electrons. The second kappa shape index (κ2) is 5.99. The fourth-order valence-corrected chi connectivity index (χ4v) is 2.83. The van der Waals surface area contributed by atoms with Gasteiger partial charge in [-0.2, -0.15) is 4.72 Å². The molecule has 19 heavy (non-hydrogen) atoms. The first-order valence-corrected chi connectivity index (χ1v) is 7.24. The zero-order valence-corrected chi connectivity index (χ0v) is 11.6. The highest BCUT2D eigenvalue weighted by Crippen LogP contribution is 2.13. The number of nitrogens with one attached hydrogen (secondary N) is 1. The van der Waals surface area contributed by atoms with Crippen molar-refractivity contribution >= 4 is 22.1 Å². The van der Waals surface area contributed by atoms with Gasteiger partial charge in [-0.1, -0.05) is 38.6 Å². The van der Waals surface area contributed by atoms with Crippen molar-refractivity contribution in [3.8, 4) is 0 Å². The van der Waals surface area contributed by atoms with E-state index in [0.29, 0.717) is 0 Å². The van der Waals surface area contributed by atoms with E-state index < -0.39 is 22.0 Å². The molecule has 0 saturated carbocycles. The van der Waals surface area contributed by atoms with Gasteiger partial charge in [0.25, 0.3) is 0 Å². The summed E-state index contributed by atoms with van der Waals surface area (Å²) in [4.78, 5) is 11.0. The molecule has 0 aliphatic rings. The number of sulfonamides is 1. The van der Waals surface area contributed by atoms with Crippen LogP contribution in [0.5, 0.6) is 0 Å². The van der Waals surface area contributed by atoms with Crippen molar-refractivity contribution in [2.24, 2.45) is 5.92 Å². The maximum Gasteiger partial charge on any atom is 0.322 e. The predicted molar refractivity (Wildman–Crippen MR) is 73.1 cm³/mol. The molecule has 0 heterocycles. The van der Waals surface area contributed by atoms with Crippen molar-refractivity contribution < 1.29 is 18.3 Å². The lowest BCUT2D eigenvalue weighted by atomic mass is 10.1. The largest absolute Gasteiger partial charge is 0.480 e. The predicted octanol–water partition coefficient (Wildman–Crippen LogP) is 1.72. The van der Waals surface area contributed by atoms with Crippen molar-refractivity contribution in [3.05, 3.63) is 36.4 Å². The summed E-state index contributed by atoms with van der Waals surface area (Å²) in [6.07, 6.45) is 1.60. The van der Waals surface area contributed by atoms with Crippen LogP contribution in [-0.4, -0.2) is 25.5 Å². The molecule has 1 rings (SSSR count). The second-order valence-corrected chi connectivity index (χ2v) is 6.17. The SMILES string of the molecule is C=Cc1ccc(S(=O)(=O)N[C@H](C(=O)O)C(C)C)cc1. The lowest BCUT2D eigenvalue weighted by Crippen LogP contribution is -2.44. The van der Waals surface area contributed by atoms with Crippen LogP contribution in [0, 0.1) is 5.92 Å². The topological polar surface area (TPSA) is 83.5 Å². The highest BCUT2D eigenvalue weighted by atomic mass is 32.2. The van der Waals surface area contributed by atoms with Crippen molar-refractivity contribution in [3.63, 3.8) is 0 Å². The minimum Gasteiger partial charge on any atom is -0.480 e. The number of aliphatic carboxylic acids is 1. The van der Waals surface area contributed by atoms with E-state index in [9.17, 15) is 13.2 Å². The van der Waals surface area contributed by atoms with Crippen LogP contribution in [0.25, 0.3) is 6.08 Å². The van der Waals surface area contributed by atoms with Crippen LogP contribution >= 0.6 is 0 Å². The first kappa shape index (κ1) is 15.4. The average molecular weight is 283 g/mol. The summed E-state index contributed by atoms with van der Waals surface area (Å²) < 4.78 is 26.3. The van der Waals surface area contributed by atoms with E-state index in [4.69, 9.17) is 5.11 Å². The molecule has 0 spiro atoms. The van der Waals surface area contributed by atoms with Gasteiger partial charge in [0.1, 0.15) is 6.04 Å². The van der Waals surface area contributed by atoms with Crippen LogP contribution < -0.4 is 4.72 Å². The standard InChI is InChI=1S/C13H17NO4S/c1-4-10-5-7-11(8-6-10)19(17,18)14-12(9(2)3)13(15)16/h4-9,12,14H,1H2,2-3H3,(H,15,16)/t12-/m0/s1. The molecular formula is C13H17NO4S. The van der Waals surface area contributed by atoms with E-state index in [1.807, 2.05) is 0 Å². The summed E-state index contributed by atoms with van der Waals surface area (Å²) >= 11 is 0. The summed E-state index contributed by atoms with van der Waals surface area (Å²) in [6, 6.07) is 4.89. The zero-order chi connectivity index (χ0) is 14.6. The van der Waals surface area contributed by atoms with Gasteiger partial charge >= 0.3 is 5.97 Å². The van der Waals surface area contributed by atoms with E-state index in [1.54, 1.807) is 32.1 Å². The van der Waals surface area contributed by atoms with Gasteiger partial charge in [-0.3, -0.25) is 4.79 Å². The molecule has 0 aliphatic carbocycles. The zero-order valence-electron chi connectivity index (χ0n) is 10.8. The maximum atomic E-state index is 12.1. The number of carboxylic acid groups (broad SMARTS) is 1. The number of carboxylic acids is 1. The van der Waals surface area contributed by atoms with Crippen molar-refractivity contribution in [2.75, 3.05) is 0 Å². The lowest BCUT2D eigenvalue weighted by Gasteiger charge is -2.17. The third-order valence-electron chi connectivity index (χ3n) is 2.64. The number of rotatable bonds is 6. The number of hydrogen-bond acceptors (Lipinski definition) is 3. The highest BCUT2D eigenvalue weighted by molar-refractivity contribution is 7.89. The van der Waals surface area contributed by atoms with Gasteiger partial charge in [0.05, 0.1) is 4.90 Å². The fourth-order valence-electron chi connectivity index (χ4n) is 1.49. The Balaban J connectivity index is 3.02. The van der Waals surface area contributed by atoms with E-state index >= 15 is 0 Å². The van der Waals surface area contributed by atoms with Crippen LogP contribution in [0.3, 0.4) is 0 Å². The first-order chi connectivity index (χ1) is 8.77. The number of benzene rings is 1. The molecule has 0 unspecified atom stereocenters. The third kappa shape index (κ3) is 3.90. The molecule has 0 amide bonds. The Morgan fingerprint density at radius 3 is 2.21 bits per heavy atom. The Kier molecular flexibility index (Phi) is 4.85. The van der Waals surface area contributed by atoms with Gasteiger partial charge in [-0.25, -0.2) is 8.42 Å². The Hall–Kier alpha value is -1.66. The van der Waals surface area contributed by atoms with Crippen LogP contribution in [0.2, 0.25) is 0 Å². The van der Waals surface area contributed by atoms with E-state index in [0.717, 1.165) is 5.56 Å². The minimum absolute atomic E-state index is 0.0324. The van der Waals surface area contributed by atoms with Gasteiger partial charge in [0, 0.05) is 0 Å².